The van der Waals surface area contributed by atoms with Crippen LogP contribution in [0.4, 0.5) is 4.39 Å². The molecule has 2 aliphatic carbocycles. The van der Waals surface area contributed by atoms with Crippen molar-refractivity contribution in [2.45, 2.75) is 69.0 Å². The number of halogens is 1. The van der Waals surface area contributed by atoms with Crippen LogP contribution in [-0.2, 0) is 0 Å². The zero-order chi connectivity index (χ0) is 19.3. The lowest BCUT2D eigenvalue weighted by molar-refractivity contribution is 0.103. The minimum absolute atomic E-state index is 0.0816. The summed E-state index contributed by atoms with van der Waals surface area (Å²) >= 11 is 0. The smallest absolute Gasteiger partial charge is 0.262 e. The summed E-state index contributed by atoms with van der Waals surface area (Å²) in [7, 11) is 0. The van der Waals surface area contributed by atoms with Crippen LogP contribution in [0.1, 0.15) is 75.0 Å². The number of rotatable bonds is 3. The quantitative estimate of drug-likeness (QED) is 0.750. The number of aromatic nitrogens is 6. The summed E-state index contributed by atoms with van der Waals surface area (Å²) in [6.45, 7) is 1.66. The Morgan fingerprint density at radius 1 is 1.14 bits per heavy atom. The predicted octanol–water partition coefficient (Wildman–Crippen LogP) is 3.41. The minimum atomic E-state index is -1.11. The first-order valence-electron chi connectivity index (χ1n) is 9.95. The van der Waals surface area contributed by atoms with E-state index in [1.165, 1.54) is 0 Å². The fourth-order valence-corrected chi connectivity index (χ4v) is 4.48. The number of H-pyrrole nitrogens is 1. The van der Waals surface area contributed by atoms with Crippen LogP contribution in [0.3, 0.4) is 0 Å². The lowest BCUT2D eigenvalue weighted by Crippen LogP contribution is -2.29. The largest absolute Gasteiger partial charge is 0.310 e. The van der Waals surface area contributed by atoms with Gasteiger partial charge in [0, 0.05) is 24.2 Å². The Labute approximate surface area is 161 Å². The maximum atomic E-state index is 14.2. The van der Waals surface area contributed by atoms with Gasteiger partial charge in [0.25, 0.3) is 5.56 Å². The van der Waals surface area contributed by atoms with E-state index >= 15 is 0 Å². The molecule has 3 aromatic rings. The highest BCUT2D eigenvalue weighted by Gasteiger charge is 2.38. The molecule has 0 bridgehead atoms. The summed E-state index contributed by atoms with van der Waals surface area (Å²) in [6, 6.07) is 1.88. The average Bonchev–Trinajstić information content (AvgIpc) is 3.06. The molecule has 0 aromatic carbocycles. The van der Waals surface area contributed by atoms with Gasteiger partial charge in [0.05, 0.1) is 12.2 Å². The SMILES string of the molecule is CC1(F)CCC(n2ncc3c(=O)[nH]c([C@@H]4CC[C@@H]4c4ncccn4)nc32)CC1. The van der Waals surface area contributed by atoms with Crippen LogP contribution in [0, 0.1) is 0 Å². The van der Waals surface area contributed by atoms with Crippen molar-refractivity contribution in [1.29, 1.82) is 0 Å². The molecule has 7 nitrogen and oxygen atoms in total. The van der Waals surface area contributed by atoms with E-state index in [-0.39, 0.29) is 23.4 Å². The van der Waals surface area contributed by atoms with Crippen molar-refractivity contribution in [2.24, 2.45) is 0 Å². The summed E-state index contributed by atoms with van der Waals surface area (Å²) in [4.78, 5) is 29.1. The lowest BCUT2D eigenvalue weighted by Gasteiger charge is -2.34. The van der Waals surface area contributed by atoms with Crippen molar-refractivity contribution in [3.63, 3.8) is 0 Å². The molecule has 0 aliphatic heterocycles. The second-order valence-electron chi connectivity index (χ2n) is 8.32. The molecule has 0 spiro atoms. The fraction of sp³-hybridized carbons (Fsp3) is 0.550. The van der Waals surface area contributed by atoms with Crippen molar-refractivity contribution in [3.8, 4) is 0 Å². The van der Waals surface area contributed by atoms with Crippen LogP contribution in [0.2, 0.25) is 0 Å². The van der Waals surface area contributed by atoms with E-state index in [0.717, 1.165) is 18.7 Å². The van der Waals surface area contributed by atoms with Gasteiger partial charge in [-0.3, -0.25) is 4.79 Å². The van der Waals surface area contributed by atoms with E-state index in [1.807, 2.05) is 4.68 Å². The number of hydrogen-bond donors (Lipinski definition) is 1. The van der Waals surface area contributed by atoms with Crippen LogP contribution in [0.25, 0.3) is 11.0 Å². The standard InChI is InChI=1S/C20H23FN6O/c1-20(21)7-5-12(6-8-20)27-18-15(11-24-27)19(28)26-17(25-18)14-4-3-13(14)16-22-9-2-10-23-16/h2,9-14H,3-8H2,1H3,(H,25,26,28)/t12?,13-,14+,20?/m0/s1. The van der Waals surface area contributed by atoms with Crippen LogP contribution in [0.5, 0.6) is 0 Å². The first kappa shape index (κ1) is 17.5. The summed E-state index contributed by atoms with van der Waals surface area (Å²) in [6.07, 6.45) is 9.41. The Morgan fingerprint density at radius 3 is 2.54 bits per heavy atom. The fourth-order valence-electron chi connectivity index (χ4n) is 4.48. The van der Waals surface area contributed by atoms with Gasteiger partial charge < -0.3 is 4.98 Å². The van der Waals surface area contributed by atoms with Crippen LogP contribution in [0.15, 0.2) is 29.5 Å². The molecule has 28 heavy (non-hydrogen) atoms. The maximum absolute atomic E-state index is 14.2. The van der Waals surface area contributed by atoms with Crippen LogP contribution < -0.4 is 5.56 Å². The third-order valence-electron chi connectivity index (χ3n) is 6.37. The molecular formula is C20H23FN6O. The Balaban J connectivity index is 1.49. The summed E-state index contributed by atoms with van der Waals surface area (Å²) < 4.78 is 16.0. The second kappa shape index (κ2) is 6.46. The second-order valence-corrected chi connectivity index (χ2v) is 8.32. The van der Waals surface area contributed by atoms with Crippen molar-refractivity contribution < 1.29 is 4.39 Å². The van der Waals surface area contributed by atoms with Gasteiger partial charge >= 0.3 is 0 Å². The molecule has 5 rings (SSSR count). The number of hydrogen-bond acceptors (Lipinski definition) is 5. The molecule has 2 aliphatic rings. The van der Waals surface area contributed by atoms with Crippen LogP contribution >= 0.6 is 0 Å². The molecule has 3 heterocycles. The average molecular weight is 382 g/mol. The number of nitrogens with zero attached hydrogens (tertiary/aromatic N) is 5. The Hall–Kier alpha value is -2.64. The third kappa shape index (κ3) is 2.91. The van der Waals surface area contributed by atoms with Gasteiger partial charge in [-0.25, -0.2) is 24.0 Å². The Kier molecular flexibility index (Phi) is 4.03. The van der Waals surface area contributed by atoms with E-state index in [0.29, 0.717) is 42.5 Å². The monoisotopic (exact) mass is 382 g/mol. The van der Waals surface area contributed by atoms with Crippen molar-refractivity contribution >= 4 is 11.0 Å². The number of alkyl halides is 1. The first-order valence-corrected chi connectivity index (χ1v) is 9.95. The molecule has 2 atom stereocenters. The van der Waals surface area contributed by atoms with Crippen molar-refractivity contribution in [2.75, 3.05) is 0 Å². The zero-order valence-corrected chi connectivity index (χ0v) is 15.8. The molecular weight excluding hydrogens is 359 g/mol. The zero-order valence-electron chi connectivity index (χ0n) is 15.8. The third-order valence-corrected chi connectivity index (χ3v) is 6.37. The van der Waals surface area contributed by atoms with Crippen molar-refractivity contribution in [3.05, 3.63) is 46.7 Å². The Bertz CT molecular complexity index is 1050. The van der Waals surface area contributed by atoms with Crippen molar-refractivity contribution in [1.82, 2.24) is 29.7 Å². The predicted molar refractivity (Wildman–Crippen MR) is 102 cm³/mol. The van der Waals surface area contributed by atoms with E-state index in [4.69, 9.17) is 4.98 Å². The molecule has 0 unspecified atom stereocenters. The van der Waals surface area contributed by atoms with Gasteiger partial charge in [0.1, 0.15) is 22.7 Å². The summed E-state index contributed by atoms with van der Waals surface area (Å²) in [5.41, 5.74) is -0.674. The molecule has 146 valence electrons. The highest BCUT2D eigenvalue weighted by Crippen LogP contribution is 2.46. The normalized spacial score (nSPS) is 30.3. The first-order chi connectivity index (χ1) is 13.5. The molecule has 3 aromatic heterocycles. The molecule has 2 fully saturated rings. The van der Waals surface area contributed by atoms with Gasteiger partial charge in [-0.15, -0.1) is 0 Å². The van der Waals surface area contributed by atoms with Gasteiger partial charge in [-0.05, 0) is 51.5 Å². The summed E-state index contributed by atoms with van der Waals surface area (Å²) in [5.74, 6) is 1.74. The van der Waals surface area contributed by atoms with Gasteiger partial charge in [-0.1, -0.05) is 0 Å². The molecule has 1 N–H and O–H groups in total. The number of aromatic amines is 1. The molecule has 0 amide bonds. The van der Waals surface area contributed by atoms with E-state index in [2.05, 4.69) is 20.1 Å². The van der Waals surface area contributed by atoms with Gasteiger partial charge in [0.2, 0.25) is 0 Å². The molecule has 0 saturated heterocycles. The Morgan fingerprint density at radius 2 is 1.86 bits per heavy atom. The highest BCUT2D eigenvalue weighted by molar-refractivity contribution is 5.73. The number of nitrogens with one attached hydrogen (secondary N) is 1. The highest BCUT2D eigenvalue weighted by atomic mass is 19.1. The lowest BCUT2D eigenvalue weighted by atomic mass is 9.72. The molecule has 2 saturated carbocycles. The molecule has 8 heteroatoms. The topological polar surface area (TPSA) is 89.4 Å². The van der Waals surface area contributed by atoms with E-state index in [1.54, 1.807) is 31.6 Å². The van der Waals surface area contributed by atoms with Gasteiger partial charge in [-0.2, -0.15) is 5.10 Å². The molecule has 0 radical (unpaired) electrons. The van der Waals surface area contributed by atoms with Crippen LogP contribution in [-0.4, -0.2) is 35.4 Å². The minimum Gasteiger partial charge on any atom is -0.310 e. The van der Waals surface area contributed by atoms with E-state index in [9.17, 15) is 9.18 Å². The van der Waals surface area contributed by atoms with E-state index < -0.39 is 5.67 Å². The maximum Gasteiger partial charge on any atom is 0.262 e. The van der Waals surface area contributed by atoms with Gasteiger partial charge in [0.15, 0.2) is 5.65 Å². The summed E-state index contributed by atoms with van der Waals surface area (Å²) in [5, 5.41) is 4.93. The number of fused-ring (bicyclic) bond motifs is 1.